The number of rotatable bonds is 0. The van der Waals surface area contributed by atoms with Crippen molar-refractivity contribution in [3.05, 3.63) is 0 Å². The van der Waals surface area contributed by atoms with Crippen molar-refractivity contribution in [2.24, 2.45) is 0 Å². The lowest BCUT2D eigenvalue weighted by Crippen LogP contribution is -1.78. The second-order valence-electron chi connectivity index (χ2n) is 0.574. The predicted molar refractivity (Wildman–Crippen MR) is 20.6 cm³/mol. The smallest absolute Gasteiger partial charge is 0.106 e. The molecule has 4 heavy (non-hydrogen) atoms. The van der Waals surface area contributed by atoms with Crippen molar-refractivity contribution >= 4 is 15.9 Å². The van der Waals surface area contributed by atoms with Gasteiger partial charge in [-0.1, -0.05) is 15.9 Å². The van der Waals surface area contributed by atoms with Gasteiger partial charge in [0, 0.05) is 0 Å². The summed E-state index contributed by atoms with van der Waals surface area (Å²) in [7, 11) is 0. The first-order chi connectivity index (χ1) is 1.73. The van der Waals surface area contributed by atoms with Crippen LogP contribution in [0.5, 0.6) is 0 Å². The largest absolute Gasteiger partial charge is 0.382 e. The fraction of sp³-hybridized carbons (Fsp3) is 1.00. The Kier molecular flexibility index (Phi) is 1.92. The van der Waals surface area contributed by atoms with Crippen molar-refractivity contribution in [2.45, 2.75) is 11.9 Å². The fourth-order valence-electron chi connectivity index (χ4n) is 0. The van der Waals surface area contributed by atoms with Gasteiger partial charge in [-0.25, -0.2) is 0 Å². The molecule has 1 nitrogen and oxygen atoms in total. The van der Waals surface area contributed by atoms with Crippen LogP contribution < -0.4 is 0 Å². The topological polar surface area (TPSA) is 20.2 Å². The van der Waals surface area contributed by atoms with Gasteiger partial charge in [0.05, 0.1) is 0 Å². The lowest BCUT2D eigenvalue weighted by atomic mass is 10.9. The lowest BCUT2D eigenvalue weighted by molar-refractivity contribution is 0.290. The fourth-order valence-corrected chi connectivity index (χ4v) is 0. The Morgan fingerprint density at radius 3 is 2.00 bits per heavy atom. The molecule has 0 saturated heterocycles. The summed E-state index contributed by atoms with van der Waals surface area (Å²) >= 11 is 2.83. The Balaban J connectivity index is 2.32. The highest BCUT2D eigenvalue weighted by Gasteiger charge is 1.72. The Hall–Kier alpha value is 0.440. The van der Waals surface area contributed by atoms with Crippen LogP contribution in [-0.4, -0.2) is 10.1 Å². The van der Waals surface area contributed by atoms with Gasteiger partial charge in [0.25, 0.3) is 0 Å². The van der Waals surface area contributed by atoms with Gasteiger partial charge in [0.1, 0.15) is 5.01 Å². The quantitative estimate of drug-likeness (QED) is 0.473. The summed E-state index contributed by atoms with van der Waals surface area (Å²) in [6.07, 6.45) is 0. The average molecular weight is 125 g/mol. The molecular formula is C2H5BrO. The van der Waals surface area contributed by atoms with Gasteiger partial charge in [0.2, 0.25) is 0 Å². The third-order valence-corrected chi connectivity index (χ3v) is 0. The molecule has 0 aromatic heterocycles. The van der Waals surface area contributed by atoms with E-state index in [1.807, 2.05) is 0 Å². The molecule has 1 atom stereocenters. The molecule has 0 aromatic carbocycles. The van der Waals surface area contributed by atoms with Crippen LogP contribution in [0.3, 0.4) is 0 Å². The third-order valence-electron chi connectivity index (χ3n) is 0. The summed E-state index contributed by atoms with van der Waals surface area (Å²) in [5.41, 5.74) is 0. The van der Waals surface area contributed by atoms with Gasteiger partial charge in [-0.05, 0) is 6.92 Å². The highest BCUT2D eigenvalue weighted by Crippen LogP contribution is 1.85. The highest BCUT2D eigenvalue weighted by molar-refractivity contribution is 9.09. The van der Waals surface area contributed by atoms with Crippen LogP contribution in [0.15, 0.2) is 0 Å². The monoisotopic (exact) mass is 124 g/mol. The Bertz CT molecular complexity index is 10.8. The number of aliphatic hydroxyl groups is 1. The van der Waals surface area contributed by atoms with E-state index in [-0.39, 0.29) is 5.01 Å². The first-order valence-electron chi connectivity index (χ1n) is 1.05. The van der Waals surface area contributed by atoms with Crippen LogP contribution in [0.25, 0.3) is 0 Å². The van der Waals surface area contributed by atoms with Crippen molar-refractivity contribution in [1.29, 1.82) is 0 Å². The molecule has 0 amide bonds. The van der Waals surface area contributed by atoms with Gasteiger partial charge in [0.15, 0.2) is 0 Å². The van der Waals surface area contributed by atoms with E-state index >= 15 is 0 Å². The zero-order valence-electron chi connectivity index (χ0n) is 2.40. The minimum Gasteiger partial charge on any atom is -0.382 e. The van der Waals surface area contributed by atoms with E-state index in [9.17, 15) is 0 Å². The number of hydrogen-bond acceptors (Lipinski definition) is 1. The number of alkyl halides is 1. The normalized spacial score (nSPS) is 15.8. The molecule has 1 N–H and O–H groups in total. The summed E-state index contributed by atoms with van der Waals surface area (Å²) in [6, 6.07) is 0. The second kappa shape index (κ2) is 1.73. The van der Waals surface area contributed by atoms with E-state index in [2.05, 4.69) is 15.9 Å². The second-order valence-corrected chi connectivity index (χ2v) is 1.90. The molecule has 0 heterocycles. The third kappa shape index (κ3) is 26.1. The van der Waals surface area contributed by atoms with Crippen LogP contribution in [0.4, 0.5) is 0 Å². The molecule has 0 radical (unpaired) electrons. The molecule has 0 rings (SSSR count). The van der Waals surface area contributed by atoms with Crippen molar-refractivity contribution in [3.8, 4) is 0 Å². The van der Waals surface area contributed by atoms with Gasteiger partial charge in [-0.15, -0.1) is 0 Å². The van der Waals surface area contributed by atoms with Gasteiger partial charge < -0.3 is 5.11 Å². The molecule has 0 unspecified atom stereocenters. The predicted octanol–water partition coefficient (Wildman–Crippen LogP) is 0.720. The highest BCUT2D eigenvalue weighted by atomic mass is 79.9. The van der Waals surface area contributed by atoms with Crippen LogP contribution in [0.1, 0.15) is 6.92 Å². The molecule has 0 aromatic rings. The molecule has 0 aliphatic heterocycles. The Labute approximate surface area is 33.8 Å². The first-order valence-corrected chi connectivity index (χ1v) is 1.97. The molecule has 0 spiro atoms. The number of aliphatic hydroxyl groups excluding tert-OH is 1. The van der Waals surface area contributed by atoms with Crippen LogP contribution in [-0.2, 0) is 0 Å². The van der Waals surface area contributed by atoms with Crippen LogP contribution in [0, 0.1) is 0 Å². The Morgan fingerprint density at radius 2 is 2.00 bits per heavy atom. The van der Waals surface area contributed by atoms with Gasteiger partial charge in [-0.2, -0.15) is 0 Å². The zero-order valence-corrected chi connectivity index (χ0v) is 3.99. The molecule has 0 aliphatic rings. The minimum absolute atomic E-state index is 0.354. The molecule has 0 fully saturated rings. The van der Waals surface area contributed by atoms with Crippen molar-refractivity contribution < 1.29 is 5.11 Å². The van der Waals surface area contributed by atoms with Gasteiger partial charge >= 0.3 is 0 Å². The molecule has 0 aliphatic carbocycles. The summed E-state index contributed by atoms with van der Waals surface area (Å²) in [5, 5.41) is 7.62. The zero-order chi connectivity index (χ0) is 3.58. The van der Waals surface area contributed by atoms with E-state index in [1.165, 1.54) is 0 Å². The molecular weight excluding hydrogens is 120 g/mol. The lowest BCUT2D eigenvalue weighted by Gasteiger charge is -1.77. The van der Waals surface area contributed by atoms with Gasteiger partial charge in [-0.3, -0.25) is 0 Å². The van der Waals surface area contributed by atoms with Crippen LogP contribution >= 0.6 is 15.9 Å². The van der Waals surface area contributed by atoms with Crippen molar-refractivity contribution in [1.82, 2.24) is 0 Å². The minimum atomic E-state index is -0.354. The maximum absolute atomic E-state index is 7.97. The van der Waals surface area contributed by atoms with Crippen molar-refractivity contribution in [2.75, 3.05) is 0 Å². The van der Waals surface area contributed by atoms with Crippen molar-refractivity contribution in [3.63, 3.8) is 0 Å². The average Bonchev–Trinajstić information content (AvgIpc) is 0.811. The van der Waals surface area contributed by atoms with E-state index in [0.29, 0.717) is 0 Å². The maximum Gasteiger partial charge on any atom is 0.106 e. The number of halogens is 1. The SMILES string of the molecule is C[C@@H](O)Br. The molecule has 2 heteroatoms. The van der Waals surface area contributed by atoms with E-state index in [4.69, 9.17) is 5.11 Å². The number of hydrogen-bond donors (Lipinski definition) is 1. The maximum atomic E-state index is 7.97. The summed E-state index contributed by atoms with van der Waals surface area (Å²) < 4.78 is 0. The Morgan fingerprint density at radius 1 is 2.00 bits per heavy atom. The molecule has 0 saturated carbocycles. The van der Waals surface area contributed by atoms with E-state index < -0.39 is 0 Å². The standard InChI is InChI=1S/C2H5BrO/c1-2(3)4/h2,4H,1H3/t2-/m1/s1. The van der Waals surface area contributed by atoms with E-state index in [1.54, 1.807) is 6.92 Å². The molecule has 0 bridgehead atoms. The summed E-state index contributed by atoms with van der Waals surface area (Å²) in [5.74, 6) is 0. The van der Waals surface area contributed by atoms with Crippen LogP contribution in [0.2, 0.25) is 0 Å². The summed E-state index contributed by atoms with van der Waals surface area (Å²) in [6.45, 7) is 1.64. The first kappa shape index (κ1) is 4.44. The summed E-state index contributed by atoms with van der Waals surface area (Å²) in [4.78, 5) is 0. The molecule has 26 valence electrons. The van der Waals surface area contributed by atoms with E-state index in [0.717, 1.165) is 0 Å².